The van der Waals surface area contributed by atoms with Gasteiger partial charge in [-0.1, -0.05) is 6.92 Å². The van der Waals surface area contributed by atoms with Crippen LogP contribution in [-0.2, 0) is 17.6 Å². The number of pyridine rings is 1. The molecule has 1 atom stereocenters. The quantitative estimate of drug-likeness (QED) is 0.813. The predicted octanol–water partition coefficient (Wildman–Crippen LogP) is 2.79. The van der Waals surface area contributed by atoms with Crippen LogP contribution in [0.5, 0.6) is 0 Å². The number of nitrogens with two attached hydrogens (primary N) is 1. The Morgan fingerprint density at radius 3 is 3.11 bits per heavy atom. The molecule has 0 saturated carbocycles. The molecule has 19 heavy (non-hydrogen) atoms. The molecular weight excluding hydrogens is 260 g/mol. The summed E-state index contributed by atoms with van der Waals surface area (Å²) in [6, 6.07) is 2.10. The number of aromatic nitrogens is 1. The fourth-order valence-electron chi connectivity index (χ4n) is 2.62. The van der Waals surface area contributed by atoms with E-state index in [9.17, 15) is 4.79 Å². The van der Waals surface area contributed by atoms with Gasteiger partial charge in [-0.25, -0.2) is 9.78 Å². The first-order valence-electron chi connectivity index (χ1n) is 6.39. The van der Waals surface area contributed by atoms with Crippen molar-refractivity contribution in [3.05, 3.63) is 22.2 Å². The molecule has 0 fully saturated rings. The number of hydrogen-bond acceptors (Lipinski definition) is 5. The maximum absolute atomic E-state index is 11.7. The van der Waals surface area contributed by atoms with Gasteiger partial charge in [0.2, 0.25) is 0 Å². The van der Waals surface area contributed by atoms with Crippen LogP contribution in [0.15, 0.2) is 6.07 Å². The molecule has 2 aromatic heterocycles. The van der Waals surface area contributed by atoms with E-state index in [1.54, 1.807) is 0 Å². The molecule has 0 spiro atoms. The van der Waals surface area contributed by atoms with Crippen LogP contribution in [0.25, 0.3) is 10.2 Å². The molecule has 1 unspecified atom stereocenters. The molecule has 4 nitrogen and oxygen atoms in total. The van der Waals surface area contributed by atoms with Crippen molar-refractivity contribution >= 4 is 33.2 Å². The molecule has 0 aliphatic heterocycles. The Hall–Kier alpha value is -1.62. The lowest BCUT2D eigenvalue weighted by Gasteiger charge is -2.20. The van der Waals surface area contributed by atoms with Crippen molar-refractivity contribution in [1.82, 2.24) is 4.98 Å². The van der Waals surface area contributed by atoms with Gasteiger partial charge in [-0.2, -0.15) is 0 Å². The predicted molar refractivity (Wildman–Crippen MR) is 76.6 cm³/mol. The van der Waals surface area contributed by atoms with Crippen LogP contribution in [0.2, 0.25) is 0 Å². The number of rotatable bonds is 1. The third kappa shape index (κ3) is 1.98. The molecule has 0 amide bonds. The summed E-state index contributed by atoms with van der Waals surface area (Å²) in [6.45, 7) is 2.25. The fourth-order valence-corrected chi connectivity index (χ4v) is 3.63. The van der Waals surface area contributed by atoms with Crippen LogP contribution in [0.1, 0.15) is 34.3 Å². The van der Waals surface area contributed by atoms with Crippen molar-refractivity contribution in [3.8, 4) is 0 Å². The largest absolute Gasteiger partial charge is 0.465 e. The molecule has 100 valence electrons. The van der Waals surface area contributed by atoms with E-state index in [2.05, 4.69) is 18.0 Å². The van der Waals surface area contributed by atoms with Crippen LogP contribution in [0.4, 0.5) is 5.69 Å². The van der Waals surface area contributed by atoms with E-state index in [1.165, 1.54) is 30.4 Å². The lowest BCUT2D eigenvalue weighted by Crippen LogP contribution is -2.12. The second-order valence-electron chi connectivity index (χ2n) is 5.13. The molecule has 2 aromatic rings. The van der Waals surface area contributed by atoms with Gasteiger partial charge in [-0.05, 0) is 36.8 Å². The van der Waals surface area contributed by atoms with Gasteiger partial charge in [0.1, 0.15) is 9.71 Å². The van der Waals surface area contributed by atoms with Crippen LogP contribution in [0.3, 0.4) is 0 Å². The molecule has 0 radical (unpaired) electrons. The topological polar surface area (TPSA) is 65.2 Å². The van der Waals surface area contributed by atoms with E-state index in [-0.39, 0.29) is 5.97 Å². The average Bonchev–Trinajstić information content (AvgIpc) is 2.72. The molecule has 0 saturated heterocycles. The van der Waals surface area contributed by atoms with Gasteiger partial charge in [0.25, 0.3) is 0 Å². The fraction of sp³-hybridized carbons (Fsp3) is 0.429. The highest BCUT2D eigenvalue weighted by molar-refractivity contribution is 7.21. The van der Waals surface area contributed by atoms with Gasteiger partial charge in [0.05, 0.1) is 12.8 Å². The number of fused-ring (bicyclic) bond motifs is 2. The van der Waals surface area contributed by atoms with Crippen molar-refractivity contribution in [2.75, 3.05) is 12.8 Å². The van der Waals surface area contributed by atoms with Crippen molar-refractivity contribution in [2.45, 2.75) is 26.2 Å². The van der Waals surface area contributed by atoms with Gasteiger partial charge in [0.15, 0.2) is 0 Å². The molecule has 1 aliphatic rings. The van der Waals surface area contributed by atoms with Gasteiger partial charge in [0, 0.05) is 11.1 Å². The molecule has 3 rings (SSSR count). The number of aryl methyl sites for hydroxylation is 1. The van der Waals surface area contributed by atoms with Crippen molar-refractivity contribution in [1.29, 1.82) is 0 Å². The smallest absolute Gasteiger partial charge is 0.350 e. The zero-order chi connectivity index (χ0) is 13.6. The third-order valence-electron chi connectivity index (χ3n) is 3.70. The third-order valence-corrected chi connectivity index (χ3v) is 4.80. The first-order valence-corrected chi connectivity index (χ1v) is 7.21. The first kappa shape index (κ1) is 12.4. The first-order chi connectivity index (χ1) is 9.10. The van der Waals surface area contributed by atoms with Crippen molar-refractivity contribution in [3.63, 3.8) is 0 Å². The maximum Gasteiger partial charge on any atom is 0.350 e. The molecule has 2 N–H and O–H groups in total. The Morgan fingerprint density at radius 2 is 2.37 bits per heavy atom. The van der Waals surface area contributed by atoms with Gasteiger partial charge >= 0.3 is 5.97 Å². The van der Waals surface area contributed by atoms with Crippen molar-refractivity contribution in [2.24, 2.45) is 5.92 Å². The number of methoxy groups -OCH3 is 1. The monoisotopic (exact) mass is 276 g/mol. The SMILES string of the molecule is COC(=O)c1sc2nc3c(cc2c1N)CC(C)CC3. The summed E-state index contributed by atoms with van der Waals surface area (Å²) < 4.78 is 4.75. The Labute approximate surface area is 115 Å². The van der Waals surface area contributed by atoms with E-state index in [0.717, 1.165) is 28.8 Å². The molecule has 0 aromatic carbocycles. The summed E-state index contributed by atoms with van der Waals surface area (Å²) in [5.41, 5.74) is 8.98. The molecular formula is C14H16N2O2S. The number of thiophene rings is 1. The second kappa shape index (κ2) is 4.49. The van der Waals surface area contributed by atoms with E-state index in [1.807, 2.05) is 0 Å². The lowest BCUT2D eigenvalue weighted by molar-refractivity contribution is 0.0607. The number of anilines is 1. The normalized spacial score (nSPS) is 18.3. The highest BCUT2D eigenvalue weighted by Gasteiger charge is 2.22. The number of hydrogen-bond donors (Lipinski definition) is 1. The maximum atomic E-state index is 11.7. The van der Waals surface area contributed by atoms with E-state index >= 15 is 0 Å². The zero-order valence-corrected chi connectivity index (χ0v) is 11.8. The Bertz CT molecular complexity index is 663. The summed E-state index contributed by atoms with van der Waals surface area (Å²) in [5.74, 6) is 0.304. The van der Waals surface area contributed by atoms with E-state index in [0.29, 0.717) is 16.5 Å². The number of ether oxygens (including phenoxy) is 1. The number of nitrogen functional groups attached to an aromatic ring is 1. The minimum absolute atomic E-state index is 0.383. The van der Waals surface area contributed by atoms with Crippen LogP contribution in [-0.4, -0.2) is 18.1 Å². The number of esters is 1. The number of carbonyl (C=O) groups is 1. The van der Waals surface area contributed by atoms with Crippen molar-refractivity contribution < 1.29 is 9.53 Å². The minimum atomic E-state index is -0.383. The molecule has 1 aliphatic carbocycles. The van der Waals surface area contributed by atoms with Gasteiger partial charge in [-0.15, -0.1) is 11.3 Å². The molecule has 0 bridgehead atoms. The van der Waals surface area contributed by atoms with Gasteiger partial charge in [-0.3, -0.25) is 0 Å². The standard InChI is InChI=1S/C14H16N2O2S/c1-7-3-4-10-8(5-7)6-9-11(15)12(14(17)18-2)19-13(9)16-10/h6-7H,3-5,15H2,1-2H3. The summed E-state index contributed by atoms with van der Waals surface area (Å²) in [6.07, 6.45) is 3.23. The lowest BCUT2D eigenvalue weighted by atomic mass is 9.87. The number of nitrogens with zero attached hydrogens (tertiary/aromatic N) is 1. The van der Waals surface area contributed by atoms with Crippen LogP contribution >= 0.6 is 11.3 Å². The minimum Gasteiger partial charge on any atom is -0.465 e. The summed E-state index contributed by atoms with van der Waals surface area (Å²) in [5, 5.41) is 0.887. The summed E-state index contributed by atoms with van der Waals surface area (Å²) in [7, 11) is 1.37. The van der Waals surface area contributed by atoms with E-state index < -0.39 is 0 Å². The Balaban J connectivity index is 2.17. The molecule has 5 heteroatoms. The average molecular weight is 276 g/mol. The Kier molecular flexibility index (Phi) is 2.93. The van der Waals surface area contributed by atoms with Gasteiger partial charge < -0.3 is 10.5 Å². The highest BCUT2D eigenvalue weighted by Crippen LogP contribution is 2.36. The summed E-state index contributed by atoms with van der Waals surface area (Å²) >= 11 is 1.32. The summed E-state index contributed by atoms with van der Waals surface area (Å²) in [4.78, 5) is 17.6. The Morgan fingerprint density at radius 1 is 1.58 bits per heavy atom. The second-order valence-corrected chi connectivity index (χ2v) is 6.13. The zero-order valence-electron chi connectivity index (χ0n) is 11.0. The van der Waals surface area contributed by atoms with E-state index in [4.69, 9.17) is 10.5 Å². The molecule has 2 heterocycles. The number of carbonyl (C=O) groups excluding carboxylic acids is 1. The highest BCUT2D eigenvalue weighted by atomic mass is 32.1. The van der Waals surface area contributed by atoms with Crippen LogP contribution in [0, 0.1) is 5.92 Å². The van der Waals surface area contributed by atoms with Crippen LogP contribution < -0.4 is 5.73 Å².